The highest BCUT2D eigenvalue weighted by Crippen LogP contribution is 2.43. The van der Waals surface area contributed by atoms with Crippen LogP contribution in [0.1, 0.15) is 40.6 Å². The minimum absolute atomic E-state index is 0.0270. The van der Waals surface area contributed by atoms with Crippen molar-refractivity contribution in [2.45, 2.75) is 38.1 Å². The minimum atomic E-state index is -3.92. The number of nitrogens with zero attached hydrogens (tertiary/aromatic N) is 2. The molecule has 0 saturated carbocycles. The van der Waals surface area contributed by atoms with Gasteiger partial charge >= 0.3 is 7.67 Å². The van der Waals surface area contributed by atoms with Crippen LogP contribution in [0, 0.1) is 0 Å². The van der Waals surface area contributed by atoms with Crippen LogP contribution in [0.3, 0.4) is 0 Å². The summed E-state index contributed by atoms with van der Waals surface area (Å²) in [6, 6.07) is 3.62. The lowest BCUT2D eigenvalue weighted by Crippen LogP contribution is -2.46. The van der Waals surface area contributed by atoms with Gasteiger partial charge in [-0.05, 0) is 31.9 Å². The van der Waals surface area contributed by atoms with Gasteiger partial charge in [-0.15, -0.1) is 0 Å². The van der Waals surface area contributed by atoms with Crippen molar-refractivity contribution in [3.05, 3.63) is 45.7 Å². The van der Waals surface area contributed by atoms with Gasteiger partial charge in [0.1, 0.15) is 0 Å². The maximum atomic E-state index is 12.8. The Hall–Kier alpha value is -2.02. The van der Waals surface area contributed by atoms with E-state index < -0.39 is 31.8 Å². The maximum absolute atomic E-state index is 12.8. The number of rotatable bonds is 9. The summed E-state index contributed by atoms with van der Waals surface area (Å²) in [4.78, 5) is 35.8. The molecule has 6 N–H and O–H groups in total. The van der Waals surface area contributed by atoms with Gasteiger partial charge in [0.25, 0.3) is 11.8 Å². The van der Waals surface area contributed by atoms with Crippen molar-refractivity contribution >= 4 is 48.4 Å². The van der Waals surface area contributed by atoms with Crippen LogP contribution in [0.15, 0.2) is 24.4 Å². The summed E-state index contributed by atoms with van der Waals surface area (Å²) in [5.41, 5.74) is 0.196. The smallest absolute Gasteiger partial charge is 0.341 e. The van der Waals surface area contributed by atoms with Crippen LogP contribution in [0.2, 0.25) is 10.0 Å². The Morgan fingerprint density at radius 3 is 2.49 bits per heavy atom. The molecule has 1 saturated heterocycles. The van der Waals surface area contributed by atoms with E-state index in [9.17, 15) is 24.2 Å². The van der Waals surface area contributed by atoms with Gasteiger partial charge in [-0.1, -0.05) is 29.3 Å². The monoisotopic (exact) mass is 548 g/mol. The number of carbonyl (C=O) groups is 2. The fourth-order valence-corrected chi connectivity index (χ4v) is 5.77. The molecule has 0 aliphatic carbocycles. The number of H-pyrrole nitrogens is 1. The van der Waals surface area contributed by atoms with E-state index in [1.807, 2.05) is 0 Å². The Kier molecular flexibility index (Phi) is 9.30. The molecule has 0 spiro atoms. The summed E-state index contributed by atoms with van der Waals surface area (Å²) in [6.45, 7) is 2.00. The molecule has 2 heterocycles. The summed E-state index contributed by atoms with van der Waals surface area (Å²) in [6.07, 6.45) is 0.939. The normalized spacial score (nSPS) is 18.5. The third kappa shape index (κ3) is 6.81. The zero-order chi connectivity index (χ0) is 25.8. The Balaban J connectivity index is 1.57. The molecule has 192 valence electrons. The van der Waals surface area contributed by atoms with E-state index in [0.717, 1.165) is 0 Å². The zero-order valence-electron chi connectivity index (χ0n) is 19.0. The van der Waals surface area contributed by atoms with Gasteiger partial charge in [0.2, 0.25) is 0 Å². The number of piperidine rings is 1. The average Bonchev–Trinajstić information content (AvgIpc) is 3.26. The molecule has 2 aromatic rings. The van der Waals surface area contributed by atoms with Gasteiger partial charge in [-0.2, -0.15) is 5.10 Å². The number of anilines is 1. The third-order valence-corrected chi connectivity index (χ3v) is 8.06. The molecule has 3 rings (SSSR count). The van der Waals surface area contributed by atoms with Crippen molar-refractivity contribution in [2.75, 3.05) is 25.5 Å². The number of ether oxygens (including phenoxy) is 1. The second kappa shape index (κ2) is 11.8. The molecule has 15 heteroatoms. The molecule has 2 amide bonds. The van der Waals surface area contributed by atoms with E-state index in [-0.39, 0.29) is 46.1 Å². The number of nitrogens with one attached hydrogen (secondary N) is 4. The predicted molar refractivity (Wildman–Crippen MR) is 131 cm³/mol. The second-order valence-electron chi connectivity index (χ2n) is 7.99. The minimum Gasteiger partial charge on any atom is -0.367 e. The molecule has 35 heavy (non-hydrogen) atoms. The molecule has 1 aromatic carbocycles. The van der Waals surface area contributed by atoms with Crippen molar-refractivity contribution in [3.8, 4) is 0 Å². The topological polar surface area (TPSA) is 169 Å². The van der Waals surface area contributed by atoms with E-state index >= 15 is 0 Å². The molecule has 2 unspecified atom stereocenters. The molecule has 0 bridgehead atoms. The number of aromatic amines is 1. The standard InChI is InChI=1S/C20H27Cl2N6O6P/c1-11(20(31)34-2)27-35(32,33)28-8-6-12(7-9-28)24-19(30)17-15(10-23-26-17)25-18(29)16-13(21)4-3-5-14(16)22/h3-5,10-12,20,31H,6-9H2,1-2H3,(H,23,26)(H,24,30)(H,25,29)(H2,27,32,33)/t11-,20?/m0/s1. The highest BCUT2D eigenvalue weighted by Gasteiger charge is 2.35. The number of halogens is 2. The van der Waals surface area contributed by atoms with Crippen LogP contribution < -0.4 is 15.7 Å². The lowest BCUT2D eigenvalue weighted by molar-refractivity contribution is -0.0898. The van der Waals surface area contributed by atoms with E-state index in [4.69, 9.17) is 27.9 Å². The SMILES string of the molecule is COC(O)[C@H](C)NP(=O)(O)N1CCC(NC(=O)c2n[nH]cc2NC(=O)c2c(Cl)cccc2Cl)CC1. The van der Waals surface area contributed by atoms with Crippen LogP contribution in [0.4, 0.5) is 5.69 Å². The second-order valence-corrected chi connectivity index (χ2v) is 10.7. The summed E-state index contributed by atoms with van der Waals surface area (Å²) >= 11 is 12.2. The van der Waals surface area contributed by atoms with Crippen molar-refractivity contribution in [1.29, 1.82) is 0 Å². The van der Waals surface area contributed by atoms with Gasteiger partial charge in [0, 0.05) is 32.4 Å². The zero-order valence-corrected chi connectivity index (χ0v) is 21.4. The molecule has 1 aromatic heterocycles. The molecule has 1 aliphatic rings. The van der Waals surface area contributed by atoms with Crippen molar-refractivity contribution < 1.29 is 28.9 Å². The molecular formula is C20H27Cl2N6O6P. The summed E-state index contributed by atoms with van der Waals surface area (Å²) in [5, 5.41) is 24.4. The van der Waals surface area contributed by atoms with Gasteiger partial charge in [0.05, 0.1) is 27.3 Å². The number of carbonyl (C=O) groups excluding carboxylic acids is 2. The van der Waals surface area contributed by atoms with Crippen molar-refractivity contribution in [2.24, 2.45) is 0 Å². The van der Waals surface area contributed by atoms with Crippen LogP contribution in [-0.4, -0.2) is 75.3 Å². The highest BCUT2D eigenvalue weighted by molar-refractivity contribution is 7.53. The number of methoxy groups -OCH3 is 1. The summed E-state index contributed by atoms with van der Waals surface area (Å²) < 4.78 is 18.8. The molecular weight excluding hydrogens is 522 g/mol. The number of hydrogen-bond acceptors (Lipinski definition) is 6. The van der Waals surface area contributed by atoms with Crippen molar-refractivity contribution in [1.82, 2.24) is 25.3 Å². The molecule has 12 nitrogen and oxygen atoms in total. The molecule has 1 fully saturated rings. The third-order valence-electron chi connectivity index (χ3n) is 5.52. The van der Waals surface area contributed by atoms with Crippen LogP contribution in [0.25, 0.3) is 0 Å². The van der Waals surface area contributed by atoms with Gasteiger partial charge in [-0.3, -0.25) is 19.3 Å². The molecule has 3 atom stereocenters. The molecule has 1 aliphatic heterocycles. The first kappa shape index (κ1) is 27.6. The Morgan fingerprint density at radius 2 is 1.89 bits per heavy atom. The van der Waals surface area contributed by atoms with Crippen LogP contribution in [0.5, 0.6) is 0 Å². The number of benzene rings is 1. The number of hydrogen-bond donors (Lipinski definition) is 6. The van der Waals surface area contributed by atoms with Gasteiger partial charge in [0.15, 0.2) is 12.0 Å². The van der Waals surface area contributed by atoms with Gasteiger partial charge in [-0.25, -0.2) is 9.76 Å². The van der Waals surface area contributed by atoms with E-state index in [2.05, 4.69) is 25.9 Å². The molecule has 0 radical (unpaired) electrons. The lowest BCUT2D eigenvalue weighted by Gasteiger charge is -2.36. The Labute approximate surface area is 211 Å². The predicted octanol–water partition coefficient (Wildman–Crippen LogP) is 2.21. The number of aliphatic hydroxyl groups is 1. The number of amides is 2. The van der Waals surface area contributed by atoms with E-state index in [0.29, 0.717) is 12.8 Å². The van der Waals surface area contributed by atoms with Crippen LogP contribution >= 0.6 is 30.9 Å². The Morgan fingerprint density at radius 1 is 1.26 bits per heavy atom. The Bertz CT molecular complexity index is 1090. The van der Waals surface area contributed by atoms with Crippen molar-refractivity contribution in [3.63, 3.8) is 0 Å². The largest absolute Gasteiger partial charge is 0.367 e. The fourth-order valence-electron chi connectivity index (χ4n) is 3.61. The summed E-state index contributed by atoms with van der Waals surface area (Å²) in [7, 11) is -2.62. The first-order valence-electron chi connectivity index (χ1n) is 10.7. The van der Waals surface area contributed by atoms with Gasteiger partial charge < -0.3 is 25.4 Å². The quantitative estimate of drug-likeness (QED) is 0.203. The first-order chi connectivity index (χ1) is 16.5. The highest BCUT2D eigenvalue weighted by atomic mass is 35.5. The number of aromatic nitrogens is 2. The van der Waals surface area contributed by atoms with E-state index in [1.165, 1.54) is 37.0 Å². The maximum Gasteiger partial charge on any atom is 0.341 e. The van der Waals surface area contributed by atoms with E-state index in [1.54, 1.807) is 6.07 Å². The average molecular weight is 549 g/mol. The summed E-state index contributed by atoms with van der Waals surface area (Å²) in [5.74, 6) is -1.12. The van der Waals surface area contributed by atoms with Crippen LogP contribution in [-0.2, 0) is 9.30 Å². The lowest BCUT2D eigenvalue weighted by atomic mass is 10.1. The fraction of sp³-hybridized carbons (Fsp3) is 0.450. The first-order valence-corrected chi connectivity index (χ1v) is 13.1. The number of aliphatic hydroxyl groups excluding tert-OH is 1.